The molecule has 3 aromatic rings. The lowest BCUT2D eigenvalue weighted by atomic mass is 10.2. The quantitative estimate of drug-likeness (QED) is 0.675. The fourth-order valence-electron chi connectivity index (χ4n) is 2.10. The highest BCUT2D eigenvalue weighted by Gasteiger charge is 2.54. The molecule has 10 heteroatoms. The Kier molecular flexibility index (Phi) is 4.06. The summed E-state index contributed by atoms with van der Waals surface area (Å²) in [5, 5.41) is -2.12. The summed E-state index contributed by atoms with van der Waals surface area (Å²) in [5.41, 5.74) is -0.0279. The van der Waals surface area contributed by atoms with Crippen LogP contribution in [-0.2, 0) is 15.9 Å². The number of para-hydroxylation sites is 1. The maximum Gasteiger partial charge on any atom is 0.481 e. The van der Waals surface area contributed by atoms with Crippen molar-refractivity contribution in [3.63, 3.8) is 0 Å². The fourth-order valence-corrected chi connectivity index (χ4v) is 2.41. The molecule has 0 aliphatic heterocycles. The predicted molar refractivity (Wildman–Crippen MR) is 79.8 cm³/mol. The number of halogens is 3. The van der Waals surface area contributed by atoms with Crippen molar-refractivity contribution in [1.82, 2.24) is 19.5 Å². The van der Waals surface area contributed by atoms with Crippen LogP contribution in [0.5, 0.6) is 0 Å². The number of benzene rings is 1. The largest absolute Gasteiger partial charge is 0.481 e. The van der Waals surface area contributed by atoms with Crippen LogP contribution in [-0.4, -0.2) is 25.7 Å². The molecule has 0 radical (unpaired) electrons. The Morgan fingerprint density at radius 1 is 1.12 bits per heavy atom. The Labute approximate surface area is 136 Å². The summed E-state index contributed by atoms with van der Waals surface area (Å²) in [6, 6.07) is 7.82. The Hall–Kier alpha value is -2.75. The zero-order chi connectivity index (χ0) is 17.3. The molecule has 1 aromatic carbocycles. The molecule has 0 bridgehead atoms. The van der Waals surface area contributed by atoms with Crippen LogP contribution in [0.3, 0.4) is 0 Å². The van der Waals surface area contributed by atoms with E-state index in [-0.39, 0.29) is 5.82 Å². The van der Waals surface area contributed by atoms with E-state index in [0.717, 1.165) is 10.8 Å². The van der Waals surface area contributed by atoms with Gasteiger partial charge in [-0.15, -0.1) is 0 Å². The van der Waals surface area contributed by atoms with Gasteiger partial charge in [0, 0.05) is 10.4 Å². The van der Waals surface area contributed by atoms with Crippen LogP contribution in [0.4, 0.5) is 13.2 Å². The van der Waals surface area contributed by atoms with Crippen molar-refractivity contribution in [2.75, 3.05) is 0 Å². The van der Waals surface area contributed by atoms with Gasteiger partial charge in [-0.3, -0.25) is 9.36 Å². The summed E-state index contributed by atoms with van der Waals surface area (Å²) >= 11 is -0.662. The minimum Gasteiger partial charge on any atom is -0.268 e. The number of rotatable bonds is 3. The summed E-state index contributed by atoms with van der Waals surface area (Å²) in [5.74, 6) is -0.799. The molecule has 1 unspecified atom stereocenters. The van der Waals surface area contributed by atoms with Gasteiger partial charge < -0.3 is 0 Å². The van der Waals surface area contributed by atoms with Gasteiger partial charge in [0.15, 0.2) is 0 Å². The molecular formula is C14H8F3N4O2S+. The maximum atomic E-state index is 12.8. The summed E-state index contributed by atoms with van der Waals surface area (Å²) in [4.78, 5) is 23.8. The molecule has 6 nitrogen and oxygen atoms in total. The third-order valence-corrected chi connectivity index (χ3v) is 3.87. The minimum atomic E-state index is -4.79. The molecular weight excluding hydrogens is 345 g/mol. The second kappa shape index (κ2) is 6.04. The van der Waals surface area contributed by atoms with Gasteiger partial charge in [0.2, 0.25) is 5.82 Å². The first-order valence-corrected chi connectivity index (χ1v) is 7.37. The van der Waals surface area contributed by atoms with E-state index < -0.39 is 34.5 Å². The maximum absolute atomic E-state index is 12.8. The lowest BCUT2D eigenvalue weighted by molar-refractivity contribution is -0.131. The molecule has 0 saturated carbocycles. The SMILES string of the molecule is O=[S+]C(c1nccc(-n2cnc3ccccc3c2=O)n1)C(F)(F)F. The summed E-state index contributed by atoms with van der Waals surface area (Å²) < 4.78 is 50.4. The zero-order valence-electron chi connectivity index (χ0n) is 11.8. The van der Waals surface area contributed by atoms with Crippen molar-refractivity contribution in [3.8, 4) is 5.82 Å². The topological polar surface area (TPSA) is 77.7 Å². The molecule has 24 heavy (non-hydrogen) atoms. The van der Waals surface area contributed by atoms with Crippen molar-refractivity contribution >= 4 is 22.6 Å². The van der Waals surface area contributed by atoms with Gasteiger partial charge in [-0.1, -0.05) is 12.1 Å². The smallest absolute Gasteiger partial charge is 0.268 e. The number of fused-ring (bicyclic) bond motifs is 1. The number of aromatic nitrogens is 4. The molecule has 122 valence electrons. The van der Waals surface area contributed by atoms with Crippen LogP contribution in [0.15, 0.2) is 47.7 Å². The van der Waals surface area contributed by atoms with E-state index in [1.54, 1.807) is 24.3 Å². The van der Waals surface area contributed by atoms with Gasteiger partial charge in [-0.25, -0.2) is 15.0 Å². The molecule has 0 spiro atoms. The van der Waals surface area contributed by atoms with Crippen LogP contribution in [0, 0.1) is 0 Å². The van der Waals surface area contributed by atoms with Crippen LogP contribution < -0.4 is 5.56 Å². The molecule has 0 amide bonds. The highest BCUT2D eigenvalue weighted by atomic mass is 32.1. The number of alkyl halides is 3. The van der Waals surface area contributed by atoms with Gasteiger partial charge in [0.1, 0.15) is 12.1 Å². The average molecular weight is 353 g/mol. The Morgan fingerprint density at radius 2 is 1.88 bits per heavy atom. The van der Waals surface area contributed by atoms with Crippen LogP contribution >= 0.6 is 0 Å². The third kappa shape index (κ3) is 2.87. The van der Waals surface area contributed by atoms with Crippen LogP contribution in [0.25, 0.3) is 16.7 Å². The normalized spacial score (nSPS) is 13.0. The van der Waals surface area contributed by atoms with Crippen molar-refractivity contribution in [3.05, 3.63) is 59.0 Å². The monoisotopic (exact) mass is 353 g/mol. The third-order valence-electron chi connectivity index (χ3n) is 3.20. The van der Waals surface area contributed by atoms with E-state index >= 15 is 0 Å². The van der Waals surface area contributed by atoms with Gasteiger partial charge >= 0.3 is 23.1 Å². The van der Waals surface area contributed by atoms with E-state index in [0.29, 0.717) is 10.9 Å². The van der Waals surface area contributed by atoms with E-state index in [9.17, 15) is 22.2 Å². The first-order chi connectivity index (χ1) is 11.4. The van der Waals surface area contributed by atoms with Gasteiger partial charge in [0.25, 0.3) is 5.56 Å². The number of nitrogens with zero attached hydrogens (tertiary/aromatic N) is 4. The molecule has 0 saturated heterocycles. The first-order valence-electron chi connectivity index (χ1n) is 6.57. The molecule has 0 aliphatic carbocycles. The second-order valence-electron chi connectivity index (χ2n) is 4.73. The number of hydrogen-bond acceptors (Lipinski definition) is 5. The highest BCUT2D eigenvalue weighted by Crippen LogP contribution is 2.32. The first kappa shape index (κ1) is 16.1. The second-order valence-corrected chi connectivity index (χ2v) is 5.39. The molecule has 3 rings (SSSR count). The molecule has 0 N–H and O–H groups in total. The Bertz CT molecular complexity index is 974. The van der Waals surface area contributed by atoms with Crippen LogP contribution in [0.1, 0.15) is 11.1 Å². The molecule has 1 atom stereocenters. The summed E-state index contributed by atoms with van der Waals surface area (Å²) in [7, 11) is 0. The van der Waals surface area contributed by atoms with Gasteiger partial charge in [0.05, 0.1) is 10.9 Å². The average Bonchev–Trinajstić information content (AvgIpc) is 2.55. The summed E-state index contributed by atoms with van der Waals surface area (Å²) in [6.07, 6.45) is -2.56. The lowest BCUT2D eigenvalue weighted by Crippen LogP contribution is -2.24. The highest BCUT2D eigenvalue weighted by molar-refractivity contribution is 7.65. The van der Waals surface area contributed by atoms with Crippen LogP contribution in [0.2, 0.25) is 0 Å². The standard InChI is InChI=1S/C14H8F3N4O2S/c15-14(16,17)11(24-23)12-18-6-5-10(20-12)21-7-19-9-4-2-1-3-8(9)13(21)22/h1-7,11H/q+1. The van der Waals surface area contributed by atoms with Crippen molar-refractivity contribution < 1.29 is 17.4 Å². The molecule has 0 fully saturated rings. The summed E-state index contributed by atoms with van der Waals surface area (Å²) in [6.45, 7) is 0. The van der Waals surface area contributed by atoms with E-state index in [1.807, 2.05) is 0 Å². The Balaban J connectivity index is 2.15. The van der Waals surface area contributed by atoms with Crippen molar-refractivity contribution in [2.45, 2.75) is 11.4 Å². The van der Waals surface area contributed by atoms with Crippen molar-refractivity contribution in [2.24, 2.45) is 0 Å². The van der Waals surface area contributed by atoms with Crippen molar-refractivity contribution in [1.29, 1.82) is 0 Å². The molecule has 2 heterocycles. The van der Waals surface area contributed by atoms with Gasteiger partial charge in [-0.05, 0) is 18.2 Å². The zero-order valence-corrected chi connectivity index (χ0v) is 12.6. The molecule has 2 aromatic heterocycles. The number of hydrogen-bond donors (Lipinski definition) is 0. The predicted octanol–water partition coefficient (Wildman–Crippen LogP) is 2.21. The molecule has 0 aliphatic rings. The lowest BCUT2D eigenvalue weighted by Gasteiger charge is -2.08. The Morgan fingerprint density at radius 3 is 2.58 bits per heavy atom. The van der Waals surface area contributed by atoms with Gasteiger partial charge in [-0.2, -0.15) is 13.2 Å². The fraction of sp³-hybridized carbons (Fsp3) is 0.143. The van der Waals surface area contributed by atoms with E-state index in [2.05, 4.69) is 15.0 Å². The minimum absolute atomic E-state index is 0.0912. The van der Waals surface area contributed by atoms with E-state index in [4.69, 9.17) is 0 Å². The van der Waals surface area contributed by atoms with E-state index in [1.165, 1.54) is 12.4 Å².